The quantitative estimate of drug-likeness (QED) is 0.712. The molecule has 28 heavy (non-hydrogen) atoms. The first-order valence-corrected chi connectivity index (χ1v) is 8.73. The highest BCUT2D eigenvalue weighted by Gasteiger charge is 2.16. The Morgan fingerprint density at radius 2 is 1.82 bits per heavy atom. The second-order valence-electron chi connectivity index (χ2n) is 6.20. The fourth-order valence-corrected chi connectivity index (χ4v) is 2.75. The number of nitrogens with one attached hydrogen (secondary N) is 1. The van der Waals surface area contributed by atoms with Gasteiger partial charge in [-0.25, -0.2) is 0 Å². The molecule has 1 amide bonds. The van der Waals surface area contributed by atoms with Crippen molar-refractivity contribution in [1.82, 2.24) is 5.32 Å². The highest BCUT2D eigenvalue weighted by Crippen LogP contribution is 2.35. The Balaban J connectivity index is 1.53. The molecule has 0 bridgehead atoms. The number of aliphatic hydroxyl groups is 1. The van der Waals surface area contributed by atoms with Crippen molar-refractivity contribution < 1.29 is 33.6 Å². The monoisotopic (exact) mass is 389 g/mol. The number of ether oxygens (including phenoxy) is 5. The number of carbonyl (C=O) groups is 1. The Morgan fingerprint density at radius 1 is 1.14 bits per heavy atom. The van der Waals surface area contributed by atoms with Gasteiger partial charge in [0.15, 0.2) is 11.5 Å². The number of hydrogen-bond donors (Lipinski definition) is 2. The predicted octanol–water partition coefficient (Wildman–Crippen LogP) is 1.91. The molecule has 1 aliphatic rings. The van der Waals surface area contributed by atoms with Gasteiger partial charge in [0.1, 0.15) is 30.0 Å². The molecule has 0 spiro atoms. The Kier molecular flexibility index (Phi) is 6.10. The van der Waals surface area contributed by atoms with Crippen LogP contribution in [0.15, 0.2) is 30.3 Å². The third kappa shape index (κ3) is 4.40. The zero-order valence-electron chi connectivity index (χ0n) is 16.0. The largest absolute Gasteiger partial charge is 0.496 e. The lowest BCUT2D eigenvalue weighted by molar-refractivity contribution is 0.0843. The van der Waals surface area contributed by atoms with Crippen molar-refractivity contribution in [3.63, 3.8) is 0 Å². The van der Waals surface area contributed by atoms with E-state index in [1.54, 1.807) is 30.3 Å². The SMILES string of the molecule is COc1cc(C(=O)NCC(O)COc2ccc3c(c2)OCO3)cc(OC)c1C. The molecule has 2 N–H and O–H groups in total. The number of methoxy groups -OCH3 is 2. The first-order chi connectivity index (χ1) is 13.5. The van der Waals surface area contributed by atoms with E-state index in [2.05, 4.69) is 5.32 Å². The average molecular weight is 389 g/mol. The molecule has 0 fully saturated rings. The summed E-state index contributed by atoms with van der Waals surface area (Å²) in [7, 11) is 3.06. The van der Waals surface area contributed by atoms with Gasteiger partial charge in [-0.1, -0.05) is 0 Å². The molecule has 8 heteroatoms. The van der Waals surface area contributed by atoms with Crippen molar-refractivity contribution in [1.29, 1.82) is 0 Å². The Morgan fingerprint density at radius 3 is 2.50 bits per heavy atom. The second-order valence-corrected chi connectivity index (χ2v) is 6.20. The molecule has 1 unspecified atom stereocenters. The minimum Gasteiger partial charge on any atom is -0.496 e. The molecule has 2 aromatic rings. The van der Waals surface area contributed by atoms with E-state index in [1.807, 2.05) is 6.92 Å². The van der Waals surface area contributed by atoms with Gasteiger partial charge in [-0.2, -0.15) is 0 Å². The number of fused-ring (bicyclic) bond motifs is 1. The van der Waals surface area contributed by atoms with Crippen molar-refractivity contribution in [2.45, 2.75) is 13.0 Å². The third-order valence-corrected chi connectivity index (χ3v) is 4.30. The fourth-order valence-electron chi connectivity index (χ4n) is 2.75. The van der Waals surface area contributed by atoms with Gasteiger partial charge >= 0.3 is 0 Å². The lowest BCUT2D eigenvalue weighted by atomic mass is 10.1. The van der Waals surface area contributed by atoms with Gasteiger partial charge in [-0.15, -0.1) is 0 Å². The zero-order valence-corrected chi connectivity index (χ0v) is 16.0. The molecule has 8 nitrogen and oxygen atoms in total. The Labute approximate surface area is 162 Å². The summed E-state index contributed by atoms with van der Waals surface area (Å²) in [4.78, 5) is 12.4. The van der Waals surface area contributed by atoms with Crippen LogP contribution < -0.4 is 29.0 Å². The fraction of sp³-hybridized carbons (Fsp3) is 0.350. The summed E-state index contributed by atoms with van der Waals surface area (Å²) in [6.45, 7) is 2.07. The number of aliphatic hydroxyl groups excluding tert-OH is 1. The number of rotatable bonds is 8. The number of hydrogen-bond acceptors (Lipinski definition) is 7. The predicted molar refractivity (Wildman–Crippen MR) is 101 cm³/mol. The molecule has 0 saturated heterocycles. The molecule has 0 aromatic heterocycles. The number of amides is 1. The summed E-state index contributed by atoms with van der Waals surface area (Å²) < 4.78 is 26.6. The maximum absolute atomic E-state index is 12.4. The van der Waals surface area contributed by atoms with Crippen LogP contribution in [-0.2, 0) is 0 Å². The van der Waals surface area contributed by atoms with Gasteiger partial charge in [-0.3, -0.25) is 4.79 Å². The smallest absolute Gasteiger partial charge is 0.251 e. The maximum atomic E-state index is 12.4. The van der Waals surface area contributed by atoms with Gasteiger partial charge in [0.25, 0.3) is 5.91 Å². The summed E-state index contributed by atoms with van der Waals surface area (Å²) in [6, 6.07) is 8.41. The molecule has 1 aliphatic heterocycles. The molecular weight excluding hydrogens is 366 g/mol. The number of benzene rings is 2. The lowest BCUT2D eigenvalue weighted by Crippen LogP contribution is -2.35. The standard InChI is InChI=1S/C20H23NO7/c1-12-17(24-2)6-13(7-18(12)25-3)20(23)21-9-14(22)10-26-15-4-5-16-19(8-15)28-11-27-16/h4-8,14,22H,9-11H2,1-3H3,(H,21,23). The summed E-state index contributed by atoms with van der Waals surface area (Å²) >= 11 is 0. The summed E-state index contributed by atoms with van der Waals surface area (Å²) in [5.74, 6) is 2.56. The van der Waals surface area contributed by atoms with Crippen molar-refractivity contribution in [2.75, 3.05) is 34.2 Å². The van der Waals surface area contributed by atoms with E-state index >= 15 is 0 Å². The minimum absolute atomic E-state index is 0.0143. The topological polar surface area (TPSA) is 95.5 Å². The summed E-state index contributed by atoms with van der Waals surface area (Å²) in [5.41, 5.74) is 1.18. The maximum Gasteiger partial charge on any atom is 0.251 e. The molecule has 1 atom stereocenters. The van der Waals surface area contributed by atoms with Gasteiger partial charge in [0.05, 0.1) is 14.2 Å². The minimum atomic E-state index is -0.886. The number of carbonyl (C=O) groups excluding carboxylic acids is 1. The van der Waals surface area contributed by atoms with E-state index in [4.69, 9.17) is 23.7 Å². The zero-order chi connectivity index (χ0) is 20.1. The van der Waals surface area contributed by atoms with E-state index in [1.165, 1.54) is 14.2 Å². The van der Waals surface area contributed by atoms with E-state index in [9.17, 15) is 9.90 Å². The molecule has 0 saturated carbocycles. The molecule has 3 rings (SSSR count). The highest BCUT2D eigenvalue weighted by molar-refractivity contribution is 5.95. The molecular formula is C20H23NO7. The van der Waals surface area contributed by atoms with Gasteiger partial charge in [0, 0.05) is 23.7 Å². The highest BCUT2D eigenvalue weighted by atomic mass is 16.7. The van der Waals surface area contributed by atoms with Crippen LogP contribution in [0.25, 0.3) is 0 Å². The van der Waals surface area contributed by atoms with Crippen LogP contribution in [0.4, 0.5) is 0 Å². The molecule has 1 heterocycles. The lowest BCUT2D eigenvalue weighted by Gasteiger charge is -2.15. The van der Waals surface area contributed by atoms with Crippen LogP contribution in [-0.4, -0.2) is 51.3 Å². The van der Waals surface area contributed by atoms with Crippen LogP contribution in [0.2, 0.25) is 0 Å². The molecule has 150 valence electrons. The van der Waals surface area contributed by atoms with Crippen LogP contribution in [0, 0.1) is 6.92 Å². The summed E-state index contributed by atoms with van der Waals surface area (Å²) in [5, 5.41) is 12.8. The van der Waals surface area contributed by atoms with E-state index < -0.39 is 6.10 Å². The van der Waals surface area contributed by atoms with Crippen LogP contribution >= 0.6 is 0 Å². The first-order valence-electron chi connectivity index (χ1n) is 8.73. The van der Waals surface area contributed by atoms with Crippen molar-refractivity contribution in [3.05, 3.63) is 41.5 Å². The third-order valence-electron chi connectivity index (χ3n) is 4.30. The molecule has 2 aromatic carbocycles. The van der Waals surface area contributed by atoms with Crippen molar-refractivity contribution in [2.24, 2.45) is 0 Å². The normalized spacial score (nSPS) is 13.0. The van der Waals surface area contributed by atoms with Gasteiger partial charge < -0.3 is 34.1 Å². The first kappa shape index (κ1) is 19.6. The van der Waals surface area contributed by atoms with E-state index in [-0.39, 0.29) is 25.9 Å². The van der Waals surface area contributed by atoms with E-state index in [0.29, 0.717) is 34.3 Å². The Bertz CT molecular complexity index is 827. The Hall–Kier alpha value is -3.13. The van der Waals surface area contributed by atoms with Crippen molar-refractivity contribution in [3.8, 4) is 28.7 Å². The molecule has 0 radical (unpaired) electrons. The van der Waals surface area contributed by atoms with Gasteiger partial charge in [0.2, 0.25) is 6.79 Å². The van der Waals surface area contributed by atoms with Crippen LogP contribution in [0.5, 0.6) is 28.7 Å². The average Bonchev–Trinajstić information content (AvgIpc) is 3.18. The van der Waals surface area contributed by atoms with E-state index in [0.717, 1.165) is 5.56 Å². The summed E-state index contributed by atoms with van der Waals surface area (Å²) in [6.07, 6.45) is -0.886. The van der Waals surface area contributed by atoms with Crippen LogP contribution in [0.1, 0.15) is 15.9 Å². The second kappa shape index (κ2) is 8.71. The van der Waals surface area contributed by atoms with Crippen molar-refractivity contribution >= 4 is 5.91 Å². The van der Waals surface area contributed by atoms with Crippen LogP contribution in [0.3, 0.4) is 0 Å². The molecule has 0 aliphatic carbocycles. The van der Waals surface area contributed by atoms with Gasteiger partial charge in [-0.05, 0) is 31.2 Å².